The number of nitrogens with zero attached hydrogens (tertiary/aromatic N) is 1. The maximum atomic E-state index is 11.9. The number of primary amides is 2. The maximum absolute atomic E-state index is 11.9. The number of hydrogen-bond donors (Lipinski definition) is 3. The molecule has 17 heavy (non-hydrogen) atoms. The first-order valence-corrected chi connectivity index (χ1v) is 5.16. The van der Waals surface area contributed by atoms with Crippen molar-refractivity contribution < 1.29 is 14.4 Å². The van der Waals surface area contributed by atoms with Crippen LogP contribution in [0.25, 0.3) is 0 Å². The molecule has 7 heteroatoms. The molecule has 0 unspecified atom stereocenters. The molecule has 98 valence electrons. The highest BCUT2D eigenvalue weighted by atomic mass is 16.2. The Kier molecular flexibility index (Phi) is 5.09. The molecule has 1 atom stereocenters. The van der Waals surface area contributed by atoms with Gasteiger partial charge in [-0.05, 0) is 5.41 Å². The lowest BCUT2D eigenvalue weighted by Gasteiger charge is -2.30. The summed E-state index contributed by atoms with van der Waals surface area (Å²) in [7, 11) is 0. The van der Waals surface area contributed by atoms with Crippen molar-refractivity contribution in [1.29, 1.82) is 0 Å². The van der Waals surface area contributed by atoms with Gasteiger partial charge in [0.1, 0.15) is 0 Å². The molecule has 0 aliphatic carbocycles. The smallest absolute Gasteiger partial charge is 0.240 e. The highest BCUT2D eigenvalue weighted by Crippen LogP contribution is 2.18. The summed E-state index contributed by atoms with van der Waals surface area (Å²) in [5, 5.41) is 0. The molecule has 6 N–H and O–H groups in total. The predicted octanol–water partition coefficient (Wildman–Crippen LogP) is -1.84. The first kappa shape index (κ1) is 15.4. The first-order valence-electron chi connectivity index (χ1n) is 5.16. The van der Waals surface area contributed by atoms with Gasteiger partial charge in [0.25, 0.3) is 0 Å². The van der Waals surface area contributed by atoms with Gasteiger partial charge < -0.3 is 22.1 Å². The minimum Gasteiger partial charge on any atom is -0.368 e. The van der Waals surface area contributed by atoms with Crippen LogP contribution in [0.1, 0.15) is 20.8 Å². The van der Waals surface area contributed by atoms with E-state index in [4.69, 9.17) is 17.2 Å². The third-order valence-electron chi connectivity index (χ3n) is 2.20. The van der Waals surface area contributed by atoms with Crippen molar-refractivity contribution in [1.82, 2.24) is 4.90 Å². The van der Waals surface area contributed by atoms with E-state index in [2.05, 4.69) is 0 Å². The van der Waals surface area contributed by atoms with Crippen LogP contribution in [0, 0.1) is 5.41 Å². The number of carbonyl (C=O) groups excluding carboxylic acids is 3. The van der Waals surface area contributed by atoms with Crippen LogP contribution in [-0.2, 0) is 14.4 Å². The average Bonchev–Trinajstić information content (AvgIpc) is 2.11. The summed E-state index contributed by atoms with van der Waals surface area (Å²) < 4.78 is 0. The van der Waals surface area contributed by atoms with E-state index in [-0.39, 0.29) is 13.1 Å². The Morgan fingerprint density at radius 1 is 1.06 bits per heavy atom. The number of nitrogens with two attached hydrogens (primary N) is 3. The van der Waals surface area contributed by atoms with E-state index in [1.165, 1.54) is 0 Å². The molecule has 0 aliphatic heterocycles. The summed E-state index contributed by atoms with van der Waals surface area (Å²) in [5.41, 5.74) is 15.3. The molecule has 0 aromatic carbocycles. The molecule has 0 rings (SSSR count). The molecule has 3 amide bonds. The Hall–Kier alpha value is -1.63. The van der Waals surface area contributed by atoms with Crippen molar-refractivity contribution in [3.8, 4) is 0 Å². The van der Waals surface area contributed by atoms with Gasteiger partial charge in [0, 0.05) is 0 Å². The number of carbonyl (C=O) groups is 3. The van der Waals surface area contributed by atoms with Crippen molar-refractivity contribution in [2.24, 2.45) is 22.6 Å². The third kappa shape index (κ3) is 5.30. The molecule has 0 saturated carbocycles. The van der Waals surface area contributed by atoms with Gasteiger partial charge in [0.05, 0.1) is 19.1 Å². The molecule has 0 aliphatic rings. The van der Waals surface area contributed by atoms with Gasteiger partial charge in [0.15, 0.2) is 0 Å². The molecule has 0 heterocycles. The van der Waals surface area contributed by atoms with Crippen molar-refractivity contribution in [3.05, 3.63) is 0 Å². The fraction of sp³-hybridized carbons (Fsp3) is 0.700. The second kappa shape index (κ2) is 5.62. The summed E-state index contributed by atoms with van der Waals surface area (Å²) in [5.74, 6) is -1.96. The quantitative estimate of drug-likeness (QED) is 0.524. The summed E-state index contributed by atoms with van der Waals surface area (Å²) in [6.07, 6.45) is 0. The lowest BCUT2D eigenvalue weighted by atomic mass is 9.86. The second-order valence-electron chi connectivity index (χ2n) is 4.97. The molecular formula is C10H20N4O3. The van der Waals surface area contributed by atoms with Crippen molar-refractivity contribution in [3.63, 3.8) is 0 Å². The van der Waals surface area contributed by atoms with E-state index in [1.54, 1.807) is 20.8 Å². The normalized spacial score (nSPS) is 12.9. The SMILES string of the molecule is CC(C)(C)[C@@H](N)C(=O)N(CC(N)=O)CC(N)=O. The predicted molar refractivity (Wildman–Crippen MR) is 62.4 cm³/mol. The molecule has 0 radical (unpaired) electrons. The largest absolute Gasteiger partial charge is 0.368 e. The van der Waals surface area contributed by atoms with Gasteiger partial charge in [-0.2, -0.15) is 0 Å². The van der Waals surface area contributed by atoms with E-state index in [0.717, 1.165) is 4.90 Å². The van der Waals surface area contributed by atoms with Crippen LogP contribution in [0.2, 0.25) is 0 Å². The Labute approximate surface area is 100 Å². The molecule has 7 nitrogen and oxygen atoms in total. The van der Waals surface area contributed by atoms with Crippen LogP contribution in [0.3, 0.4) is 0 Å². The summed E-state index contributed by atoms with van der Waals surface area (Å²) in [6.45, 7) is 4.60. The van der Waals surface area contributed by atoms with Crippen molar-refractivity contribution >= 4 is 17.7 Å². The topological polar surface area (TPSA) is 133 Å². The Bertz CT molecular complexity index is 306. The van der Waals surface area contributed by atoms with Gasteiger partial charge >= 0.3 is 0 Å². The summed E-state index contributed by atoms with van der Waals surface area (Å²) >= 11 is 0. The highest BCUT2D eigenvalue weighted by Gasteiger charge is 2.32. The number of rotatable bonds is 5. The molecule has 0 bridgehead atoms. The fourth-order valence-electron chi connectivity index (χ4n) is 1.16. The fourth-order valence-corrected chi connectivity index (χ4v) is 1.16. The lowest BCUT2D eigenvalue weighted by molar-refractivity contribution is -0.140. The molecular weight excluding hydrogens is 224 g/mol. The highest BCUT2D eigenvalue weighted by molar-refractivity contribution is 5.90. The third-order valence-corrected chi connectivity index (χ3v) is 2.20. The first-order chi connectivity index (χ1) is 7.55. The molecule has 0 aromatic heterocycles. The Balaban J connectivity index is 4.86. The van der Waals surface area contributed by atoms with Crippen LogP contribution in [0.5, 0.6) is 0 Å². The minimum absolute atomic E-state index is 0.369. The Morgan fingerprint density at radius 2 is 1.41 bits per heavy atom. The van der Waals surface area contributed by atoms with Gasteiger partial charge in [-0.3, -0.25) is 14.4 Å². The summed E-state index contributed by atoms with van der Waals surface area (Å²) in [4.78, 5) is 34.5. The number of amides is 3. The zero-order chi connectivity index (χ0) is 13.8. The summed E-state index contributed by atoms with van der Waals surface area (Å²) in [6, 6.07) is -0.832. The van der Waals surface area contributed by atoms with Crippen molar-refractivity contribution in [2.75, 3.05) is 13.1 Å². The Morgan fingerprint density at radius 3 is 1.65 bits per heavy atom. The van der Waals surface area contributed by atoms with Gasteiger partial charge in [0.2, 0.25) is 17.7 Å². The standard InChI is InChI=1S/C10H20N4O3/c1-10(2,3)8(13)9(17)14(4-6(11)15)5-7(12)16/h8H,4-5,13H2,1-3H3,(H2,11,15)(H2,12,16)/t8-/m0/s1. The van der Waals surface area contributed by atoms with Crippen LogP contribution < -0.4 is 17.2 Å². The second-order valence-corrected chi connectivity index (χ2v) is 4.97. The van der Waals surface area contributed by atoms with Gasteiger partial charge in [-0.15, -0.1) is 0 Å². The number of hydrogen-bond acceptors (Lipinski definition) is 4. The average molecular weight is 244 g/mol. The lowest BCUT2D eigenvalue weighted by Crippen LogP contribution is -2.54. The van der Waals surface area contributed by atoms with E-state index < -0.39 is 29.2 Å². The monoisotopic (exact) mass is 244 g/mol. The van der Waals surface area contributed by atoms with E-state index in [0.29, 0.717) is 0 Å². The molecule has 0 aromatic rings. The van der Waals surface area contributed by atoms with Crippen LogP contribution in [-0.4, -0.2) is 41.8 Å². The zero-order valence-corrected chi connectivity index (χ0v) is 10.4. The van der Waals surface area contributed by atoms with Crippen LogP contribution in [0.15, 0.2) is 0 Å². The minimum atomic E-state index is -0.832. The molecule has 0 fully saturated rings. The van der Waals surface area contributed by atoms with E-state index >= 15 is 0 Å². The zero-order valence-electron chi connectivity index (χ0n) is 10.4. The van der Waals surface area contributed by atoms with Gasteiger partial charge in [-0.25, -0.2) is 0 Å². The van der Waals surface area contributed by atoms with Crippen molar-refractivity contribution in [2.45, 2.75) is 26.8 Å². The van der Waals surface area contributed by atoms with Gasteiger partial charge in [-0.1, -0.05) is 20.8 Å². The molecule has 0 saturated heterocycles. The van der Waals surface area contributed by atoms with Crippen LogP contribution >= 0.6 is 0 Å². The van der Waals surface area contributed by atoms with Crippen LogP contribution in [0.4, 0.5) is 0 Å². The van der Waals surface area contributed by atoms with E-state index in [9.17, 15) is 14.4 Å². The molecule has 0 spiro atoms. The van der Waals surface area contributed by atoms with E-state index in [1.807, 2.05) is 0 Å². The maximum Gasteiger partial charge on any atom is 0.240 e.